The van der Waals surface area contributed by atoms with Crippen LogP contribution >= 0.6 is 11.8 Å². The van der Waals surface area contributed by atoms with Crippen LogP contribution in [0.15, 0.2) is 23.4 Å². The van der Waals surface area contributed by atoms with Crippen molar-refractivity contribution in [1.82, 2.24) is 4.98 Å². The van der Waals surface area contributed by atoms with Gasteiger partial charge in [0.2, 0.25) is 0 Å². The zero-order valence-corrected chi connectivity index (χ0v) is 7.41. The Kier molecular flexibility index (Phi) is 3.29. The lowest BCUT2D eigenvalue weighted by atomic mass is 10.3. The van der Waals surface area contributed by atoms with Gasteiger partial charge in [0.05, 0.1) is 11.3 Å². The molecule has 0 aliphatic rings. The summed E-state index contributed by atoms with van der Waals surface area (Å²) in [6.07, 6.45) is 2.95. The first kappa shape index (κ1) is 9.55. The van der Waals surface area contributed by atoms with E-state index in [1.807, 2.05) is 6.07 Å². The fourth-order valence-electron chi connectivity index (χ4n) is 0.731. The van der Waals surface area contributed by atoms with E-state index < -0.39 is 5.97 Å². The fraction of sp³-hybridized carbons (Fsp3) is 0.125. The normalized spacial score (nSPS) is 9.15. The van der Waals surface area contributed by atoms with E-state index in [4.69, 9.17) is 10.4 Å². The summed E-state index contributed by atoms with van der Waals surface area (Å²) in [5.41, 5.74) is 0.411. The van der Waals surface area contributed by atoms with Gasteiger partial charge < -0.3 is 5.11 Å². The number of nitriles is 1. The number of aliphatic carboxylic acids is 1. The first-order valence-electron chi connectivity index (χ1n) is 3.42. The molecule has 0 saturated heterocycles. The van der Waals surface area contributed by atoms with Crippen molar-refractivity contribution >= 4 is 17.7 Å². The van der Waals surface area contributed by atoms with Crippen molar-refractivity contribution in [3.8, 4) is 6.07 Å². The smallest absolute Gasteiger partial charge is 0.313 e. The molecule has 0 atom stereocenters. The Morgan fingerprint density at radius 3 is 3.15 bits per heavy atom. The van der Waals surface area contributed by atoms with Crippen LogP contribution in [0.4, 0.5) is 0 Å². The lowest BCUT2D eigenvalue weighted by Crippen LogP contribution is -1.98. The Balaban J connectivity index is 2.77. The molecule has 0 radical (unpaired) electrons. The van der Waals surface area contributed by atoms with Crippen molar-refractivity contribution < 1.29 is 9.90 Å². The number of aromatic nitrogens is 1. The minimum atomic E-state index is -0.897. The van der Waals surface area contributed by atoms with Gasteiger partial charge in [0.15, 0.2) is 0 Å². The van der Waals surface area contributed by atoms with E-state index in [2.05, 4.69) is 4.98 Å². The molecule has 4 nitrogen and oxygen atoms in total. The van der Waals surface area contributed by atoms with Crippen molar-refractivity contribution in [3.05, 3.63) is 24.0 Å². The van der Waals surface area contributed by atoms with Crippen LogP contribution in [-0.4, -0.2) is 21.8 Å². The number of carboxylic acid groups (broad SMARTS) is 1. The molecule has 66 valence electrons. The van der Waals surface area contributed by atoms with E-state index in [1.54, 1.807) is 6.07 Å². The highest BCUT2D eigenvalue weighted by molar-refractivity contribution is 8.00. The average Bonchev–Trinajstić information content (AvgIpc) is 2.15. The van der Waals surface area contributed by atoms with Crippen LogP contribution in [0.2, 0.25) is 0 Å². The molecule has 0 aromatic carbocycles. The van der Waals surface area contributed by atoms with Gasteiger partial charge in [-0.15, -0.1) is 11.8 Å². The number of hydrogen-bond donors (Lipinski definition) is 1. The van der Waals surface area contributed by atoms with Gasteiger partial charge in [-0.25, -0.2) is 0 Å². The summed E-state index contributed by atoms with van der Waals surface area (Å²) in [6, 6.07) is 3.57. The third-order valence-corrected chi connectivity index (χ3v) is 2.31. The number of hydrogen-bond acceptors (Lipinski definition) is 4. The van der Waals surface area contributed by atoms with Crippen molar-refractivity contribution in [2.24, 2.45) is 0 Å². The maximum atomic E-state index is 10.3. The van der Waals surface area contributed by atoms with Gasteiger partial charge in [-0.3, -0.25) is 9.78 Å². The topological polar surface area (TPSA) is 74.0 Å². The second-order valence-electron chi connectivity index (χ2n) is 2.17. The maximum absolute atomic E-state index is 10.3. The number of carbonyl (C=O) groups is 1. The Hall–Kier alpha value is -1.54. The lowest BCUT2D eigenvalue weighted by Gasteiger charge is -1.98. The highest BCUT2D eigenvalue weighted by Crippen LogP contribution is 2.20. The molecule has 0 unspecified atom stereocenters. The zero-order chi connectivity index (χ0) is 9.68. The molecule has 1 heterocycles. The number of rotatable bonds is 3. The summed E-state index contributed by atoms with van der Waals surface area (Å²) in [5.74, 6) is -0.940. The van der Waals surface area contributed by atoms with E-state index in [-0.39, 0.29) is 5.75 Å². The van der Waals surface area contributed by atoms with Crippen molar-refractivity contribution in [2.45, 2.75) is 4.90 Å². The molecule has 0 saturated carbocycles. The van der Waals surface area contributed by atoms with Crippen LogP contribution in [0.5, 0.6) is 0 Å². The number of thioether (sulfide) groups is 1. The Morgan fingerprint density at radius 1 is 1.77 bits per heavy atom. The van der Waals surface area contributed by atoms with Crippen molar-refractivity contribution in [2.75, 3.05) is 5.75 Å². The standard InChI is InChI=1S/C8H6N2O2S/c9-3-6-4-10-2-1-7(6)13-5-8(11)12/h1-2,4H,5H2,(H,11,12). The van der Waals surface area contributed by atoms with Gasteiger partial charge in [0.25, 0.3) is 0 Å². The molecule has 0 spiro atoms. The Labute approximate surface area is 79.2 Å². The molecule has 13 heavy (non-hydrogen) atoms. The van der Waals surface area contributed by atoms with Gasteiger partial charge in [-0.2, -0.15) is 5.26 Å². The largest absolute Gasteiger partial charge is 0.481 e. The molecule has 1 aromatic rings. The van der Waals surface area contributed by atoms with Gasteiger partial charge in [-0.05, 0) is 6.07 Å². The summed E-state index contributed by atoms with van der Waals surface area (Å²) in [7, 11) is 0. The molecule has 5 heteroatoms. The van der Waals surface area contributed by atoms with Crippen LogP contribution in [0, 0.1) is 11.3 Å². The zero-order valence-electron chi connectivity index (χ0n) is 6.60. The molecule has 0 aliphatic carbocycles. The minimum absolute atomic E-state index is 0.0430. The van der Waals surface area contributed by atoms with Crippen molar-refractivity contribution in [3.63, 3.8) is 0 Å². The Bertz CT molecular complexity index is 359. The third kappa shape index (κ3) is 2.76. The van der Waals surface area contributed by atoms with E-state index in [1.165, 1.54) is 12.4 Å². The lowest BCUT2D eigenvalue weighted by molar-refractivity contribution is -0.133. The van der Waals surface area contributed by atoms with Gasteiger partial charge >= 0.3 is 5.97 Å². The highest BCUT2D eigenvalue weighted by atomic mass is 32.2. The molecule has 0 fully saturated rings. The first-order chi connectivity index (χ1) is 6.24. The molecule has 0 aliphatic heterocycles. The predicted octanol–water partition coefficient (Wildman–Crippen LogP) is 1.13. The third-order valence-electron chi connectivity index (χ3n) is 1.25. The second kappa shape index (κ2) is 4.48. The summed E-state index contributed by atoms with van der Waals surface area (Å²) in [5, 5.41) is 17.1. The van der Waals surface area contributed by atoms with Crippen LogP contribution in [0.1, 0.15) is 5.56 Å². The molecule has 1 aromatic heterocycles. The van der Waals surface area contributed by atoms with Gasteiger partial charge in [-0.1, -0.05) is 0 Å². The van der Waals surface area contributed by atoms with Crippen LogP contribution in [0.25, 0.3) is 0 Å². The summed E-state index contributed by atoms with van der Waals surface area (Å²) in [6.45, 7) is 0. The number of pyridine rings is 1. The quantitative estimate of drug-likeness (QED) is 0.730. The summed E-state index contributed by atoms with van der Waals surface area (Å²) in [4.78, 5) is 14.7. The van der Waals surface area contributed by atoms with Gasteiger partial charge in [0.1, 0.15) is 6.07 Å². The predicted molar refractivity (Wildman–Crippen MR) is 47.3 cm³/mol. The first-order valence-corrected chi connectivity index (χ1v) is 4.41. The summed E-state index contributed by atoms with van der Waals surface area (Å²) >= 11 is 1.12. The van der Waals surface area contributed by atoms with E-state index in [0.29, 0.717) is 10.5 Å². The van der Waals surface area contributed by atoms with E-state index >= 15 is 0 Å². The highest BCUT2D eigenvalue weighted by Gasteiger charge is 2.04. The van der Waals surface area contributed by atoms with Crippen LogP contribution in [-0.2, 0) is 4.79 Å². The molecular formula is C8H6N2O2S. The molecule has 0 amide bonds. The van der Waals surface area contributed by atoms with E-state index in [0.717, 1.165) is 11.8 Å². The SMILES string of the molecule is N#Cc1cnccc1SCC(=O)O. The fourth-order valence-corrected chi connectivity index (χ4v) is 1.42. The number of nitrogens with zero attached hydrogens (tertiary/aromatic N) is 2. The molecule has 1 rings (SSSR count). The van der Waals surface area contributed by atoms with Crippen LogP contribution < -0.4 is 0 Å². The maximum Gasteiger partial charge on any atom is 0.313 e. The van der Waals surface area contributed by atoms with Crippen LogP contribution in [0.3, 0.4) is 0 Å². The Morgan fingerprint density at radius 2 is 2.54 bits per heavy atom. The number of carboxylic acids is 1. The summed E-state index contributed by atoms with van der Waals surface area (Å²) < 4.78 is 0. The molecular weight excluding hydrogens is 188 g/mol. The van der Waals surface area contributed by atoms with Gasteiger partial charge in [0, 0.05) is 17.3 Å². The minimum Gasteiger partial charge on any atom is -0.481 e. The second-order valence-corrected chi connectivity index (χ2v) is 3.18. The molecule has 0 bridgehead atoms. The molecule has 1 N–H and O–H groups in total. The van der Waals surface area contributed by atoms with E-state index in [9.17, 15) is 4.79 Å². The monoisotopic (exact) mass is 194 g/mol. The average molecular weight is 194 g/mol. The van der Waals surface area contributed by atoms with Crippen molar-refractivity contribution in [1.29, 1.82) is 5.26 Å².